The van der Waals surface area contributed by atoms with Crippen molar-refractivity contribution in [1.29, 1.82) is 0 Å². The molecule has 0 unspecified atom stereocenters. The van der Waals surface area contributed by atoms with Crippen LogP contribution < -0.4 is 14.5 Å². The number of likely N-dealkylation sites (N-methyl/N-ethyl adjacent to an activating group) is 1. The van der Waals surface area contributed by atoms with Gasteiger partial charge in [0.05, 0.1) is 5.69 Å². The summed E-state index contributed by atoms with van der Waals surface area (Å²) in [5.74, 6) is 0.252. The molecule has 0 aliphatic carbocycles. The van der Waals surface area contributed by atoms with Crippen LogP contribution in [0.1, 0.15) is 6.92 Å². The van der Waals surface area contributed by atoms with Crippen LogP contribution in [-0.2, 0) is 9.59 Å². The van der Waals surface area contributed by atoms with Gasteiger partial charge in [-0.2, -0.15) is 0 Å². The van der Waals surface area contributed by atoms with Crippen LogP contribution in [0.25, 0.3) is 0 Å². The average Bonchev–Trinajstić information content (AvgIpc) is 2.59. The molecule has 1 aliphatic rings. The lowest BCUT2D eigenvalue weighted by Crippen LogP contribution is -2.49. The van der Waals surface area contributed by atoms with Crippen molar-refractivity contribution >= 4 is 23.2 Å². The largest absolute Gasteiger partial charge is 0.479 e. The normalized spacial score (nSPS) is 16.5. The van der Waals surface area contributed by atoms with Crippen molar-refractivity contribution < 1.29 is 14.3 Å². The van der Waals surface area contributed by atoms with Gasteiger partial charge >= 0.3 is 0 Å². The molecule has 5 heteroatoms. The van der Waals surface area contributed by atoms with E-state index < -0.39 is 6.10 Å². The number of nitrogens with zero attached hydrogens (tertiary/aromatic N) is 2. The van der Waals surface area contributed by atoms with Crippen molar-refractivity contribution in [1.82, 2.24) is 0 Å². The zero-order valence-corrected chi connectivity index (χ0v) is 13.1. The van der Waals surface area contributed by atoms with E-state index in [1.54, 1.807) is 31.0 Å². The van der Waals surface area contributed by atoms with E-state index in [9.17, 15) is 9.59 Å². The number of para-hydroxylation sites is 3. The molecular formula is C18H18N2O3. The number of anilines is 2. The van der Waals surface area contributed by atoms with Crippen molar-refractivity contribution in [3.63, 3.8) is 0 Å². The summed E-state index contributed by atoms with van der Waals surface area (Å²) < 4.78 is 5.58. The van der Waals surface area contributed by atoms with E-state index in [2.05, 4.69) is 0 Å². The second-order valence-electron chi connectivity index (χ2n) is 5.44. The molecule has 0 fully saturated rings. The lowest BCUT2D eigenvalue weighted by atomic mass is 10.2. The molecule has 0 saturated carbocycles. The average molecular weight is 310 g/mol. The van der Waals surface area contributed by atoms with Crippen LogP contribution in [0.3, 0.4) is 0 Å². The van der Waals surface area contributed by atoms with E-state index in [4.69, 9.17) is 4.74 Å². The molecule has 2 aromatic rings. The summed E-state index contributed by atoms with van der Waals surface area (Å²) >= 11 is 0. The molecule has 0 radical (unpaired) electrons. The summed E-state index contributed by atoms with van der Waals surface area (Å²) in [7, 11) is 1.71. The summed E-state index contributed by atoms with van der Waals surface area (Å²) in [5, 5.41) is 0. The van der Waals surface area contributed by atoms with E-state index in [-0.39, 0.29) is 18.4 Å². The highest BCUT2D eigenvalue weighted by molar-refractivity contribution is 6.06. The molecule has 0 saturated heterocycles. The molecule has 1 heterocycles. The first-order valence-corrected chi connectivity index (χ1v) is 7.46. The van der Waals surface area contributed by atoms with Gasteiger partial charge in [0, 0.05) is 12.7 Å². The Labute approximate surface area is 135 Å². The van der Waals surface area contributed by atoms with Crippen LogP contribution in [0.15, 0.2) is 54.6 Å². The van der Waals surface area contributed by atoms with E-state index in [1.807, 2.05) is 42.5 Å². The number of fused-ring (bicyclic) bond motifs is 1. The third-order valence-electron chi connectivity index (χ3n) is 3.88. The highest BCUT2D eigenvalue weighted by Gasteiger charge is 2.33. The Kier molecular flexibility index (Phi) is 4.02. The fourth-order valence-electron chi connectivity index (χ4n) is 2.56. The molecule has 3 rings (SSSR count). The molecule has 0 aromatic heterocycles. The molecule has 0 spiro atoms. The van der Waals surface area contributed by atoms with E-state index >= 15 is 0 Å². The third kappa shape index (κ3) is 2.90. The molecular weight excluding hydrogens is 292 g/mol. The molecule has 118 valence electrons. The maximum atomic E-state index is 12.6. The van der Waals surface area contributed by atoms with Crippen molar-refractivity contribution in [2.45, 2.75) is 13.0 Å². The second kappa shape index (κ2) is 6.12. The predicted molar refractivity (Wildman–Crippen MR) is 88.7 cm³/mol. The minimum atomic E-state index is -0.597. The molecule has 23 heavy (non-hydrogen) atoms. The number of amides is 2. The van der Waals surface area contributed by atoms with Gasteiger partial charge in [-0.25, -0.2) is 0 Å². The minimum absolute atomic E-state index is 0.0189. The van der Waals surface area contributed by atoms with Gasteiger partial charge < -0.3 is 9.64 Å². The Balaban J connectivity index is 1.84. The van der Waals surface area contributed by atoms with Gasteiger partial charge in [0.15, 0.2) is 6.10 Å². The van der Waals surface area contributed by atoms with Gasteiger partial charge in [0.2, 0.25) is 5.91 Å². The first kappa shape index (κ1) is 15.1. The highest BCUT2D eigenvalue weighted by atomic mass is 16.5. The van der Waals surface area contributed by atoms with Gasteiger partial charge in [-0.05, 0) is 31.2 Å². The van der Waals surface area contributed by atoms with Crippen molar-refractivity contribution in [3.05, 3.63) is 54.6 Å². The zero-order valence-electron chi connectivity index (χ0n) is 13.1. The lowest BCUT2D eigenvalue weighted by molar-refractivity contribution is -0.127. The van der Waals surface area contributed by atoms with Crippen molar-refractivity contribution in [3.8, 4) is 5.75 Å². The summed E-state index contributed by atoms with van der Waals surface area (Å²) in [4.78, 5) is 28.0. The Morgan fingerprint density at radius 1 is 1.13 bits per heavy atom. The standard InChI is InChI=1S/C18H18N2O3/c1-13-18(22)20(15-10-6-7-11-16(15)23-13)12-17(21)19(2)14-8-4-3-5-9-14/h3-11,13H,12H2,1-2H3/t13-/m1/s1. The number of hydrogen-bond donors (Lipinski definition) is 0. The van der Waals surface area contributed by atoms with Crippen LogP contribution in [0.5, 0.6) is 5.75 Å². The van der Waals surface area contributed by atoms with Crippen molar-refractivity contribution in [2.24, 2.45) is 0 Å². The number of benzene rings is 2. The Hall–Kier alpha value is -2.82. The van der Waals surface area contributed by atoms with E-state index in [0.717, 1.165) is 5.69 Å². The molecule has 2 amide bonds. The molecule has 0 bridgehead atoms. The number of carbonyl (C=O) groups is 2. The van der Waals surface area contributed by atoms with Gasteiger partial charge in [-0.1, -0.05) is 30.3 Å². The van der Waals surface area contributed by atoms with Gasteiger partial charge in [-0.3, -0.25) is 14.5 Å². The maximum absolute atomic E-state index is 12.6. The maximum Gasteiger partial charge on any atom is 0.268 e. The Morgan fingerprint density at radius 3 is 2.52 bits per heavy atom. The number of carbonyl (C=O) groups excluding carboxylic acids is 2. The highest BCUT2D eigenvalue weighted by Crippen LogP contribution is 2.33. The van der Waals surface area contributed by atoms with Crippen LogP contribution in [0, 0.1) is 0 Å². The molecule has 0 N–H and O–H groups in total. The molecule has 5 nitrogen and oxygen atoms in total. The number of rotatable bonds is 3. The first-order chi connectivity index (χ1) is 11.1. The summed E-state index contributed by atoms with van der Waals surface area (Å²) in [6, 6.07) is 16.6. The quantitative estimate of drug-likeness (QED) is 0.875. The van der Waals surface area contributed by atoms with Gasteiger partial charge in [-0.15, -0.1) is 0 Å². The second-order valence-corrected chi connectivity index (χ2v) is 5.44. The Morgan fingerprint density at radius 2 is 1.78 bits per heavy atom. The first-order valence-electron chi connectivity index (χ1n) is 7.46. The molecule has 1 aliphatic heterocycles. The summed E-state index contributed by atoms with van der Waals surface area (Å²) in [6.45, 7) is 1.67. The minimum Gasteiger partial charge on any atom is -0.479 e. The SMILES string of the molecule is C[C@H]1Oc2ccccc2N(CC(=O)N(C)c2ccccc2)C1=O. The van der Waals surface area contributed by atoms with Crippen LogP contribution in [0.2, 0.25) is 0 Å². The monoisotopic (exact) mass is 310 g/mol. The van der Waals surface area contributed by atoms with E-state index in [1.165, 1.54) is 4.90 Å². The van der Waals surface area contributed by atoms with Crippen LogP contribution in [0.4, 0.5) is 11.4 Å². The predicted octanol–water partition coefficient (Wildman–Crippen LogP) is 2.46. The smallest absolute Gasteiger partial charge is 0.268 e. The fourth-order valence-corrected chi connectivity index (χ4v) is 2.56. The van der Waals surface area contributed by atoms with E-state index in [0.29, 0.717) is 11.4 Å². The fraction of sp³-hybridized carbons (Fsp3) is 0.222. The van der Waals surface area contributed by atoms with Crippen LogP contribution in [-0.4, -0.2) is 31.5 Å². The Bertz CT molecular complexity index is 730. The molecule has 2 aromatic carbocycles. The molecule has 1 atom stereocenters. The van der Waals surface area contributed by atoms with Crippen molar-refractivity contribution in [2.75, 3.05) is 23.4 Å². The topological polar surface area (TPSA) is 49.9 Å². The van der Waals surface area contributed by atoms with Crippen LogP contribution >= 0.6 is 0 Å². The number of hydrogen-bond acceptors (Lipinski definition) is 3. The number of ether oxygens (including phenoxy) is 1. The van der Waals surface area contributed by atoms with Gasteiger partial charge in [0.1, 0.15) is 12.3 Å². The lowest BCUT2D eigenvalue weighted by Gasteiger charge is -2.33. The zero-order chi connectivity index (χ0) is 16.4. The van der Waals surface area contributed by atoms with Gasteiger partial charge in [0.25, 0.3) is 5.91 Å². The summed E-state index contributed by atoms with van der Waals surface area (Å²) in [5.41, 5.74) is 1.42. The third-order valence-corrected chi connectivity index (χ3v) is 3.88. The summed E-state index contributed by atoms with van der Waals surface area (Å²) in [6.07, 6.45) is -0.597.